The number of likely N-dealkylation sites (N-methyl/N-ethyl adjacent to an activating group) is 1. The Balaban J connectivity index is 2.04. The Morgan fingerprint density at radius 1 is 1.24 bits per heavy atom. The zero-order valence-corrected chi connectivity index (χ0v) is 19.3. The predicted molar refractivity (Wildman–Crippen MR) is 125 cm³/mol. The van der Waals surface area contributed by atoms with Crippen LogP contribution in [0.25, 0.3) is 0 Å². The Bertz CT molecular complexity index is 910. The van der Waals surface area contributed by atoms with Crippen molar-refractivity contribution in [3.63, 3.8) is 0 Å². The molecule has 0 radical (unpaired) electrons. The highest BCUT2D eigenvalue weighted by atomic mass is 16.4. The summed E-state index contributed by atoms with van der Waals surface area (Å²) >= 11 is 0. The van der Waals surface area contributed by atoms with Gasteiger partial charge in [-0.05, 0) is 50.2 Å². The SMILES string of the molecule is CNC(=O)[C@@H]1CCCN1c1ncc(C(=NCC(=O)O)NC(=O)[C@H](C)N)cc1C1CCCCC1. The van der Waals surface area contributed by atoms with Gasteiger partial charge in [0.05, 0.1) is 6.04 Å². The van der Waals surface area contributed by atoms with Gasteiger partial charge >= 0.3 is 5.97 Å². The zero-order chi connectivity index (χ0) is 24.0. The first-order valence-electron chi connectivity index (χ1n) is 11.6. The van der Waals surface area contributed by atoms with Crippen molar-refractivity contribution in [2.24, 2.45) is 10.7 Å². The maximum Gasteiger partial charge on any atom is 0.325 e. The molecule has 2 heterocycles. The van der Waals surface area contributed by atoms with Gasteiger partial charge in [-0.3, -0.25) is 19.4 Å². The number of carboxylic acid groups (broad SMARTS) is 1. The Morgan fingerprint density at radius 2 is 1.97 bits per heavy atom. The van der Waals surface area contributed by atoms with E-state index in [2.05, 4.69) is 20.5 Å². The monoisotopic (exact) mass is 458 g/mol. The van der Waals surface area contributed by atoms with Crippen LogP contribution in [0.15, 0.2) is 17.3 Å². The molecule has 3 rings (SSSR count). The minimum absolute atomic E-state index is 0.0270. The van der Waals surface area contributed by atoms with Crippen molar-refractivity contribution in [3.8, 4) is 0 Å². The van der Waals surface area contributed by atoms with E-state index in [0.717, 1.165) is 56.5 Å². The number of amidine groups is 1. The smallest absolute Gasteiger partial charge is 0.325 e. The number of nitrogens with zero attached hydrogens (tertiary/aromatic N) is 3. The number of hydrogen-bond donors (Lipinski definition) is 4. The molecule has 1 aliphatic carbocycles. The summed E-state index contributed by atoms with van der Waals surface area (Å²) in [4.78, 5) is 46.8. The molecule has 2 atom stereocenters. The maximum atomic E-state index is 12.5. The fraction of sp³-hybridized carbons (Fsp3) is 0.609. The Morgan fingerprint density at radius 3 is 2.61 bits per heavy atom. The summed E-state index contributed by atoms with van der Waals surface area (Å²) in [5.41, 5.74) is 7.23. The van der Waals surface area contributed by atoms with Crippen molar-refractivity contribution < 1.29 is 19.5 Å². The molecule has 180 valence electrons. The Hall–Kier alpha value is -3.01. The van der Waals surface area contributed by atoms with Crippen LogP contribution >= 0.6 is 0 Å². The van der Waals surface area contributed by atoms with E-state index in [1.165, 1.54) is 6.42 Å². The number of amides is 2. The molecule has 1 aromatic rings. The van der Waals surface area contributed by atoms with E-state index in [0.29, 0.717) is 5.56 Å². The van der Waals surface area contributed by atoms with Gasteiger partial charge in [-0.25, -0.2) is 4.98 Å². The molecule has 1 saturated carbocycles. The predicted octanol–water partition coefficient (Wildman–Crippen LogP) is 1.14. The minimum Gasteiger partial charge on any atom is -0.480 e. The molecule has 33 heavy (non-hydrogen) atoms. The van der Waals surface area contributed by atoms with E-state index in [1.807, 2.05) is 6.07 Å². The van der Waals surface area contributed by atoms with Crippen molar-refractivity contribution in [1.29, 1.82) is 0 Å². The number of aliphatic imine (C=N–C) groups is 1. The maximum absolute atomic E-state index is 12.5. The number of carbonyl (C=O) groups is 3. The fourth-order valence-corrected chi connectivity index (χ4v) is 4.60. The van der Waals surface area contributed by atoms with Crippen molar-refractivity contribution in [2.75, 3.05) is 25.0 Å². The molecule has 2 fully saturated rings. The number of hydrogen-bond acceptors (Lipinski definition) is 7. The summed E-state index contributed by atoms with van der Waals surface area (Å²) in [5.74, 6) is -0.391. The number of rotatable bonds is 7. The molecule has 0 unspecified atom stereocenters. The molecule has 0 bridgehead atoms. The van der Waals surface area contributed by atoms with E-state index in [1.54, 1.807) is 20.2 Å². The molecule has 1 saturated heterocycles. The van der Waals surface area contributed by atoms with Crippen LogP contribution in [0.3, 0.4) is 0 Å². The van der Waals surface area contributed by atoms with Crippen molar-refractivity contribution >= 4 is 29.4 Å². The van der Waals surface area contributed by atoms with Crippen LogP contribution in [0.2, 0.25) is 0 Å². The number of anilines is 1. The normalized spacial score (nSPS) is 20.4. The Kier molecular flexibility index (Phi) is 8.37. The third kappa shape index (κ3) is 6.07. The van der Waals surface area contributed by atoms with Crippen LogP contribution in [0, 0.1) is 0 Å². The number of carboxylic acids is 1. The third-order valence-corrected chi connectivity index (χ3v) is 6.32. The lowest BCUT2D eigenvalue weighted by Gasteiger charge is -2.31. The summed E-state index contributed by atoms with van der Waals surface area (Å²) in [7, 11) is 1.64. The molecular formula is C23H34N6O4. The lowest BCUT2D eigenvalue weighted by molar-refractivity contribution is -0.135. The van der Waals surface area contributed by atoms with Crippen molar-refractivity contribution in [2.45, 2.75) is 69.9 Å². The molecular weight excluding hydrogens is 424 g/mol. The average Bonchev–Trinajstić information content (AvgIpc) is 3.31. The van der Waals surface area contributed by atoms with E-state index < -0.39 is 24.5 Å². The second kappa shape index (κ2) is 11.2. The van der Waals surface area contributed by atoms with Gasteiger partial charge in [-0.1, -0.05) is 19.3 Å². The number of aliphatic carboxylic acids is 1. The van der Waals surface area contributed by atoms with E-state index in [4.69, 9.17) is 15.8 Å². The lowest BCUT2D eigenvalue weighted by atomic mass is 9.83. The molecule has 1 aliphatic heterocycles. The van der Waals surface area contributed by atoms with Crippen LogP contribution in [-0.2, 0) is 14.4 Å². The molecule has 2 aliphatic rings. The zero-order valence-electron chi connectivity index (χ0n) is 19.3. The molecule has 0 aromatic carbocycles. The van der Waals surface area contributed by atoms with Gasteiger partial charge in [0.2, 0.25) is 11.8 Å². The second-order valence-corrected chi connectivity index (χ2v) is 8.77. The first-order valence-corrected chi connectivity index (χ1v) is 11.6. The number of aromatic nitrogens is 1. The lowest BCUT2D eigenvalue weighted by Crippen LogP contribution is -2.43. The van der Waals surface area contributed by atoms with Crippen LogP contribution in [0.5, 0.6) is 0 Å². The number of carbonyl (C=O) groups excluding carboxylic acids is 2. The van der Waals surface area contributed by atoms with Gasteiger partial charge in [-0.15, -0.1) is 0 Å². The standard InChI is InChI=1S/C23H34N6O4/c1-14(24)22(32)28-20(26-13-19(30)31)16-11-17(15-7-4-3-5-8-15)21(27-12-16)29-10-6-9-18(29)23(33)25-2/h11-12,14-15,18H,3-10,13,24H2,1-2H3,(H,25,33)(H,30,31)(H,26,28,32)/t14-,18-/m0/s1. The van der Waals surface area contributed by atoms with Gasteiger partial charge in [0.1, 0.15) is 24.2 Å². The number of pyridine rings is 1. The number of nitrogens with two attached hydrogens (primary N) is 1. The summed E-state index contributed by atoms with van der Waals surface area (Å²) < 4.78 is 0. The molecule has 0 spiro atoms. The molecule has 10 heteroatoms. The largest absolute Gasteiger partial charge is 0.480 e. The van der Waals surface area contributed by atoms with Gasteiger partial charge in [0.25, 0.3) is 0 Å². The number of nitrogens with one attached hydrogen (secondary N) is 2. The summed E-state index contributed by atoms with van der Waals surface area (Å²) in [6, 6.07) is 0.899. The topological polar surface area (TPSA) is 150 Å². The fourth-order valence-electron chi connectivity index (χ4n) is 4.60. The molecule has 2 amide bonds. The Labute approximate surface area is 194 Å². The highest BCUT2D eigenvalue weighted by Gasteiger charge is 2.34. The average molecular weight is 459 g/mol. The van der Waals surface area contributed by atoms with Crippen molar-refractivity contribution in [3.05, 3.63) is 23.4 Å². The van der Waals surface area contributed by atoms with E-state index >= 15 is 0 Å². The minimum atomic E-state index is -1.11. The van der Waals surface area contributed by atoms with Gasteiger partial charge in [0, 0.05) is 25.4 Å². The van der Waals surface area contributed by atoms with E-state index in [9.17, 15) is 14.4 Å². The first kappa shape index (κ1) is 24.6. The van der Waals surface area contributed by atoms with Gasteiger partial charge < -0.3 is 26.4 Å². The summed E-state index contributed by atoms with van der Waals surface area (Å²) in [6.07, 6.45) is 8.73. The van der Waals surface area contributed by atoms with Crippen LogP contribution in [-0.4, -0.2) is 65.9 Å². The highest BCUT2D eigenvalue weighted by Crippen LogP contribution is 2.39. The molecule has 1 aromatic heterocycles. The van der Waals surface area contributed by atoms with E-state index in [-0.39, 0.29) is 23.7 Å². The molecule has 10 nitrogen and oxygen atoms in total. The van der Waals surface area contributed by atoms with Crippen molar-refractivity contribution in [1.82, 2.24) is 15.6 Å². The quantitative estimate of drug-likeness (QED) is 0.353. The van der Waals surface area contributed by atoms with Crippen LogP contribution < -0.4 is 21.3 Å². The third-order valence-electron chi connectivity index (χ3n) is 6.32. The van der Waals surface area contributed by atoms with Gasteiger partial charge in [-0.2, -0.15) is 0 Å². The second-order valence-electron chi connectivity index (χ2n) is 8.77. The van der Waals surface area contributed by atoms with Crippen LogP contribution in [0.1, 0.15) is 68.9 Å². The highest BCUT2D eigenvalue weighted by molar-refractivity contribution is 6.09. The van der Waals surface area contributed by atoms with Crippen LogP contribution in [0.4, 0.5) is 5.82 Å². The summed E-state index contributed by atoms with van der Waals surface area (Å²) in [6.45, 7) is 1.80. The summed E-state index contributed by atoms with van der Waals surface area (Å²) in [5, 5.41) is 14.5. The van der Waals surface area contributed by atoms with Gasteiger partial charge in [0.15, 0.2) is 0 Å². The first-order chi connectivity index (χ1) is 15.8. The molecule has 5 N–H and O–H groups in total.